The van der Waals surface area contributed by atoms with E-state index in [1.807, 2.05) is 31.2 Å². The highest BCUT2D eigenvalue weighted by atomic mass is 32.2. The van der Waals surface area contributed by atoms with Gasteiger partial charge >= 0.3 is 0 Å². The standard InChI is InChI=1S/C22H26N2O2S/c1-4-26-19-10-8-18(9-11-19)21(25)15-24(22-23-12-5-13-27-22)20-14-16(2)6-7-17(20)3/h6-11,14H,4-5,12-13,15H2,1-3H3. The van der Waals surface area contributed by atoms with Gasteiger partial charge in [-0.3, -0.25) is 9.79 Å². The van der Waals surface area contributed by atoms with Crippen LogP contribution >= 0.6 is 11.8 Å². The van der Waals surface area contributed by atoms with Crippen LogP contribution in [0.1, 0.15) is 34.8 Å². The lowest BCUT2D eigenvalue weighted by atomic mass is 10.1. The first-order valence-electron chi connectivity index (χ1n) is 9.36. The predicted octanol–water partition coefficient (Wildman–Crippen LogP) is 4.88. The Morgan fingerprint density at radius 2 is 1.96 bits per heavy atom. The topological polar surface area (TPSA) is 41.9 Å². The van der Waals surface area contributed by atoms with Crippen LogP contribution in [-0.4, -0.2) is 36.4 Å². The predicted molar refractivity (Wildman–Crippen MR) is 115 cm³/mol. The molecule has 5 heteroatoms. The molecule has 0 fully saturated rings. The van der Waals surface area contributed by atoms with Crippen molar-refractivity contribution in [2.24, 2.45) is 4.99 Å². The summed E-state index contributed by atoms with van der Waals surface area (Å²) in [5.74, 6) is 1.90. The number of aryl methyl sites for hydroxylation is 2. The van der Waals surface area contributed by atoms with E-state index in [4.69, 9.17) is 9.73 Å². The second-order valence-corrected chi connectivity index (χ2v) is 7.69. The van der Waals surface area contributed by atoms with Crippen molar-refractivity contribution in [1.29, 1.82) is 0 Å². The summed E-state index contributed by atoms with van der Waals surface area (Å²) in [5.41, 5.74) is 4.07. The molecule has 0 bridgehead atoms. The largest absolute Gasteiger partial charge is 0.494 e. The summed E-state index contributed by atoms with van der Waals surface area (Å²) in [4.78, 5) is 19.8. The molecule has 2 aromatic carbocycles. The number of anilines is 1. The van der Waals surface area contributed by atoms with Gasteiger partial charge in [0.2, 0.25) is 0 Å². The van der Waals surface area contributed by atoms with Crippen molar-refractivity contribution in [2.45, 2.75) is 27.2 Å². The molecule has 3 rings (SSSR count). The fourth-order valence-corrected chi connectivity index (χ4v) is 3.97. The zero-order chi connectivity index (χ0) is 19.2. The number of ether oxygens (including phenoxy) is 1. The number of aliphatic imine (C=N–C) groups is 1. The van der Waals surface area contributed by atoms with Crippen LogP contribution in [0.4, 0.5) is 5.69 Å². The first-order valence-corrected chi connectivity index (χ1v) is 10.3. The van der Waals surface area contributed by atoms with Crippen molar-refractivity contribution in [2.75, 3.05) is 30.3 Å². The fourth-order valence-electron chi connectivity index (χ4n) is 3.02. The van der Waals surface area contributed by atoms with Crippen molar-refractivity contribution in [3.8, 4) is 5.75 Å². The van der Waals surface area contributed by atoms with E-state index in [1.54, 1.807) is 11.8 Å². The number of rotatable bonds is 6. The number of ketones is 1. The first-order chi connectivity index (χ1) is 13.1. The van der Waals surface area contributed by atoms with Crippen LogP contribution in [0.15, 0.2) is 47.5 Å². The Hall–Kier alpha value is -2.27. The third-order valence-corrected chi connectivity index (χ3v) is 5.56. The zero-order valence-corrected chi connectivity index (χ0v) is 17.0. The number of carbonyl (C=O) groups excluding carboxylic acids is 1. The monoisotopic (exact) mass is 382 g/mol. The second kappa shape index (κ2) is 9.09. The van der Waals surface area contributed by atoms with Gasteiger partial charge in [-0.2, -0.15) is 0 Å². The van der Waals surface area contributed by atoms with Crippen LogP contribution in [0.2, 0.25) is 0 Å². The van der Waals surface area contributed by atoms with E-state index in [2.05, 4.69) is 36.9 Å². The van der Waals surface area contributed by atoms with Gasteiger partial charge in [0.1, 0.15) is 5.75 Å². The fraction of sp³-hybridized carbons (Fsp3) is 0.364. The summed E-state index contributed by atoms with van der Waals surface area (Å²) >= 11 is 1.73. The summed E-state index contributed by atoms with van der Waals surface area (Å²) in [6.45, 7) is 7.82. The lowest BCUT2D eigenvalue weighted by Crippen LogP contribution is -2.36. The third-order valence-electron chi connectivity index (χ3n) is 4.46. The van der Waals surface area contributed by atoms with E-state index in [9.17, 15) is 4.79 Å². The van der Waals surface area contributed by atoms with Crippen LogP contribution in [-0.2, 0) is 0 Å². The minimum Gasteiger partial charge on any atom is -0.494 e. The zero-order valence-electron chi connectivity index (χ0n) is 16.2. The molecule has 0 saturated heterocycles. The molecule has 0 atom stereocenters. The molecule has 142 valence electrons. The molecular formula is C22H26N2O2S. The van der Waals surface area contributed by atoms with Gasteiger partial charge in [0.05, 0.1) is 13.2 Å². The smallest absolute Gasteiger partial charge is 0.182 e. The quantitative estimate of drug-likeness (QED) is 0.668. The number of hydrogen-bond donors (Lipinski definition) is 0. The Morgan fingerprint density at radius 1 is 1.19 bits per heavy atom. The van der Waals surface area contributed by atoms with Gasteiger partial charge in [-0.25, -0.2) is 0 Å². The highest BCUT2D eigenvalue weighted by Gasteiger charge is 2.22. The highest BCUT2D eigenvalue weighted by molar-refractivity contribution is 8.14. The van der Waals surface area contributed by atoms with Crippen molar-refractivity contribution >= 4 is 28.4 Å². The van der Waals surface area contributed by atoms with E-state index in [1.165, 1.54) is 5.56 Å². The normalized spacial score (nSPS) is 13.8. The van der Waals surface area contributed by atoms with Crippen LogP contribution in [0.25, 0.3) is 0 Å². The lowest BCUT2D eigenvalue weighted by molar-refractivity contribution is 0.100. The van der Waals surface area contributed by atoms with Crippen LogP contribution < -0.4 is 9.64 Å². The van der Waals surface area contributed by atoms with E-state index in [0.29, 0.717) is 12.2 Å². The molecule has 0 N–H and O–H groups in total. The van der Waals surface area contributed by atoms with Gasteiger partial charge < -0.3 is 9.64 Å². The number of thioether (sulfide) groups is 1. The molecule has 1 heterocycles. The lowest BCUT2D eigenvalue weighted by Gasteiger charge is -2.28. The Balaban J connectivity index is 1.87. The first kappa shape index (κ1) is 19.5. The van der Waals surface area contributed by atoms with Crippen molar-refractivity contribution < 1.29 is 9.53 Å². The van der Waals surface area contributed by atoms with Gasteiger partial charge in [0.15, 0.2) is 11.0 Å². The van der Waals surface area contributed by atoms with Gasteiger partial charge in [-0.1, -0.05) is 23.9 Å². The number of Topliss-reactive ketones (excluding diaryl/α,β-unsaturated/α-hetero) is 1. The van der Waals surface area contributed by atoms with Gasteiger partial charge in [0.25, 0.3) is 0 Å². The number of benzene rings is 2. The maximum Gasteiger partial charge on any atom is 0.182 e. The van der Waals surface area contributed by atoms with E-state index in [-0.39, 0.29) is 12.3 Å². The molecule has 1 aliphatic heterocycles. The average molecular weight is 383 g/mol. The maximum absolute atomic E-state index is 13.0. The molecule has 0 aliphatic carbocycles. The Bertz CT molecular complexity index is 831. The van der Waals surface area contributed by atoms with Gasteiger partial charge in [-0.15, -0.1) is 0 Å². The summed E-state index contributed by atoms with van der Waals surface area (Å²) in [7, 11) is 0. The van der Waals surface area contributed by atoms with E-state index < -0.39 is 0 Å². The molecule has 0 amide bonds. The molecule has 0 radical (unpaired) electrons. The van der Waals surface area contributed by atoms with Crippen molar-refractivity contribution in [3.63, 3.8) is 0 Å². The van der Waals surface area contributed by atoms with Crippen LogP contribution in [0, 0.1) is 13.8 Å². The highest BCUT2D eigenvalue weighted by Crippen LogP contribution is 2.27. The summed E-state index contributed by atoms with van der Waals surface area (Å²) in [6.07, 6.45) is 1.08. The molecule has 27 heavy (non-hydrogen) atoms. The number of nitrogens with zero attached hydrogens (tertiary/aromatic N) is 2. The summed E-state index contributed by atoms with van der Waals surface area (Å²) < 4.78 is 5.47. The van der Waals surface area contributed by atoms with Crippen molar-refractivity contribution in [3.05, 3.63) is 59.2 Å². The molecule has 2 aromatic rings. The maximum atomic E-state index is 13.0. The molecule has 0 spiro atoms. The second-order valence-electron chi connectivity index (χ2n) is 6.62. The third kappa shape index (κ3) is 4.92. The van der Waals surface area contributed by atoms with E-state index in [0.717, 1.165) is 40.9 Å². The number of hydrogen-bond acceptors (Lipinski definition) is 5. The summed E-state index contributed by atoms with van der Waals surface area (Å²) in [5, 5.41) is 0.939. The molecule has 1 aliphatic rings. The van der Waals surface area contributed by atoms with Gasteiger partial charge in [0, 0.05) is 23.5 Å². The average Bonchev–Trinajstić information content (AvgIpc) is 2.69. The van der Waals surface area contributed by atoms with Gasteiger partial charge in [-0.05, 0) is 68.7 Å². The Morgan fingerprint density at radius 3 is 2.63 bits per heavy atom. The minimum atomic E-state index is 0.0767. The summed E-state index contributed by atoms with van der Waals surface area (Å²) in [6, 6.07) is 13.7. The van der Waals surface area contributed by atoms with Crippen molar-refractivity contribution in [1.82, 2.24) is 0 Å². The van der Waals surface area contributed by atoms with Crippen LogP contribution in [0.3, 0.4) is 0 Å². The Kier molecular flexibility index (Phi) is 6.56. The molecule has 4 nitrogen and oxygen atoms in total. The molecular weight excluding hydrogens is 356 g/mol. The molecule has 0 saturated carbocycles. The number of amidine groups is 1. The van der Waals surface area contributed by atoms with Crippen LogP contribution in [0.5, 0.6) is 5.75 Å². The number of carbonyl (C=O) groups is 1. The van der Waals surface area contributed by atoms with E-state index >= 15 is 0 Å². The molecule has 0 unspecified atom stereocenters. The molecule has 0 aromatic heterocycles. The minimum absolute atomic E-state index is 0.0767. The Labute approximate surface area is 165 Å². The SMILES string of the molecule is CCOc1ccc(C(=O)CN(C2=NCCCS2)c2cc(C)ccc2C)cc1.